The zero-order chi connectivity index (χ0) is 18.9. The van der Waals surface area contributed by atoms with Gasteiger partial charge in [0.1, 0.15) is 0 Å². The van der Waals surface area contributed by atoms with Gasteiger partial charge in [-0.3, -0.25) is 4.79 Å². The third-order valence-corrected chi connectivity index (χ3v) is 7.27. The van der Waals surface area contributed by atoms with Crippen LogP contribution >= 0.6 is 0 Å². The highest BCUT2D eigenvalue weighted by molar-refractivity contribution is 5.72. The average molecular weight is 368 g/mol. The summed E-state index contributed by atoms with van der Waals surface area (Å²) in [6.07, 6.45) is 5.27. The SMILES string of the molecule is CCOC(=O)C1CCN(CC(O)COC2C3(C)CCC(C3)C2(C)C)CC1. The largest absolute Gasteiger partial charge is 0.466 e. The number of ether oxygens (including phenoxy) is 2. The number of hydrogen-bond acceptors (Lipinski definition) is 5. The van der Waals surface area contributed by atoms with Crippen LogP contribution in [0.4, 0.5) is 0 Å². The second-order valence-corrected chi connectivity index (χ2v) is 9.61. The Hall–Kier alpha value is -0.650. The molecule has 3 aliphatic rings. The van der Waals surface area contributed by atoms with Crippen molar-refractivity contribution in [1.82, 2.24) is 4.90 Å². The number of piperidine rings is 1. The van der Waals surface area contributed by atoms with Crippen molar-refractivity contribution in [2.75, 3.05) is 32.8 Å². The Morgan fingerprint density at radius 3 is 2.50 bits per heavy atom. The van der Waals surface area contributed by atoms with Gasteiger partial charge in [0.2, 0.25) is 0 Å². The molecule has 1 saturated heterocycles. The summed E-state index contributed by atoms with van der Waals surface area (Å²) in [5.74, 6) is 0.716. The lowest BCUT2D eigenvalue weighted by Gasteiger charge is -2.42. The summed E-state index contributed by atoms with van der Waals surface area (Å²) >= 11 is 0. The molecule has 0 amide bonds. The highest BCUT2D eigenvalue weighted by Gasteiger charge is 2.60. The van der Waals surface area contributed by atoms with Gasteiger partial charge in [0, 0.05) is 6.54 Å². The van der Waals surface area contributed by atoms with Gasteiger partial charge in [-0.15, -0.1) is 0 Å². The number of aliphatic hydroxyl groups excluding tert-OH is 1. The average Bonchev–Trinajstić information content (AvgIpc) is 3.06. The standard InChI is InChI=1S/C21H37NO4/c1-5-25-18(24)15-7-10-22(11-8-15)13-17(23)14-26-19-20(2,3)16-6-9-21(19,4)12-16/h15-17,19,23H,5-14H2,1-4H3. The first-order valence-electron chi connectivity index (χ1n) is 10.4. The first-order valence-corrected chi connectivity index (χ1v) is 10.4. The van der Waals surface area contributed by atoms with E-state index in [9.17, 15) is 9.90 Å². The van der Waals surface area contributed by atoms with Gasteiger partial charge in [0.15, 0.2) is 0 Å². The molecule has 150 valence electrons. The molecule has 0 radical (unpaired) electrons. The van der Waals surface area contributed by atoms with Crippen LogP contribution in [0.2, 0.25) is 0 Å². The minimum Gasteiger partial charge on any atom is -0.466 e. The van der Waals surface area contributed by atoms with E-state index in [0.29, 0.717) is 19.8 Å². The summed E-state index contributed by atoms with van der Waals surface area (Å²) in [6.45, 7) is 12.0. The third-order valence-electron chi connectivity index (χ3n) is 7.27. The Morgan fingerprint density at radius 1 is 1.23 bits per heavy atom. The molecule has 0 aromatic carbocycles. The minimum absolute atomic E-state index is 0.0226. The molecule has 0 spiro atoms. The van der Waals surface area contributed by atoms with Crippen LogP contribution in [0.3, 0.4) is 0 Å². The molecule has 3 rings (SSSR count). The van der Waals surface area contributed by atoms with Gasteiger partial charge in [-0.1, -0.05) is 20.8 Å². The lowest BCUT2D eigenvalue weighted by atomic mass is 9.70. The molecule has 2 bridgehead atoms. The molecule has 5 heteroatoms. The van der Waals surface area contributed by atoms with E-state index in [0.717, 1.165) is 31.8 Å². The molecular weight excluding hydrogens is 330 g/mol. The van der Waals surface area contributed by atoms with Crippen molar-refractivity contribution in [2.45, 2.75) is 72.0 Å². The summed E-state index contributed by atoms with van der Waals surface area (Å²) in [5.41, 5.74) is 0.497. The van der Waals surface area contributed by atoms with Crippen LogP contribution in [-0.4, -0.2) is 61.0 Å². The number of rotatable bonds is 7. The molecular formula is C21H37NO4. The Balaban J connectivity index is 1.41. The number of β-amino-alcohol motifs (C(OH)–C–C–N with tert-alkyl or cyclic N) is 1. The second-order valence-electron chi connectivity index (χ2n) is 9.61. The van der Waals surface area contributed by atoms with Gasteiger partial charge in [-0.2, -0.15) is 0 Å². The van der Waals surface area contributed by atoms with Crippen LogP contribution < -0.4 is 0 Å². The first-order chi connectivity index (χ1) is 12.3. The Kier molecular flexibility index (Phi) is 6.00. The van der Waals surface area contributed by atoms with E-state index in [1.165, 1.54) is 19.3 Å². The summed E-state index contributed by atoms with van der Waals surface area (Å²) in [6, 6.07) is 0. The van der Waals surface area contributed by atoms with Crippen LogP contribution in [0.25, 0.3) is 0 Å². The molecule has 5 nitrogen and oxygen atoms in total. The first kappa shape index (κ1) is 20.1. The van der Waals surface area contributed by atoms with Crippen LogP contribution in [0.5, 0.6) is 0 Å². The van der Waals surface area contributed by atoms with Crippen LogP contribution in [-0.2, 0) is 14.3 Å². The maximum absolute atomic E-state index is 11.8. The Labute approximate surface area is 158 Å². The van der Waals surface area contributed by atoms with Crippen molar-refractivity contribution in [2.24, 2.45) is 22.7 Å². The smallest absolute Gasteiger partial charge is 0.309 e. The molecule has 4 unspecified atom stereocenters. The number of aliphatic hydroxyl groups is 1. The van der Waals surface area contributed by atoms with Crippen molar-refractivity contribution in [3.63, 3.8) is 0 Å². The molecule has 1 N–H and O–H groups in total. The van der Waals surface area contributed by atoms with E-state index in [1.807, 2.05) is 6.92 Å². The molecule has 0 aromatic heterocycles. The van der Waals surface area contributed by atoms with E-state index in [2.05, 4.69) is 25.7 Å². The number of nitrogens with zero attached hydrogens (tertiary/aromatic N) is 1. The summed E-state index contributed by atoms with van der Waals surface area (Å²) in [5, 5.41) is 10.5. The molecule has 26 heavy (non-hydrogen) atoms. The number of esters is 1. The zero-order valence-electron chi connectivity index (χ0n) is 17.0. The number of carbonyl (C=O) groups excluding carboxylic acids is 1. The van der Waals surface area contributed by atoms with Crippen LogP contribution in [0, 0.1) is 22.7 Å². The van der Waals surface area contributed by atoms with Gasteiger partial charge in [0.05, 0.1) is 31.3 Å². The highest BCUT2D eigenvalue weighted by Crippen LogP contribution is 2.63. The normalized spacial score (nSPS) is 35.6. The van der Waals surface area contributed by atoms with Crippen molar-refractivity contribution in [3.05, 3.63) is 0 Å². The summed E-state index contributed by atoms with van der Waals surface area (Å²) < 4.78 is 11.4. The zero-order valence-corrected chi connectivity index (χ0v) is 17.0. The van der Waals surface area contributed by atoms with Gasteiger partial charge in [-0.25, -0.2) is 0 Å². The Bertz CT molecular complexity index is 495. The number of fused-ring (bicyclic) bond motifs is 2. The van der Waals surface area contributed by atoms with Crippen molar-refractivity contribution < 1.29 is 19.4 Å². The van der Waals surface area contributed by atoms with Gasteiger partial charge in [0.25, 0.3) is 0 Å². The van der Waals surface area contributed by atoms with Gasteiger partial charge < -0.3 is 19.5 Å². The Morgan fingerprint density at radius 2 is 1.92 bits per heavy atom. The molecule has 1 heterocycles. The van der Waals surface area contributed by atoms with E-state index < -0.39 is 6.10 Å². The predicted molar refractivity (Wildman–Crippen MR) is 101 cm³/mol. The molecule has 3 fully saturated rings. The summed E-state index contributed by atoms with van der Waals surface area (Å²) in [4.78, 5) is 14.1. The maximum atomic E-state index is 11.8. The topological polar surface area (TPSA) is 59.0 Å². The quantitative estimate of drug-likeness (QED) is 0.701. The van der Waals surface area contributed by atoms with Gasteiger partial charge in [-0.05, 0) is 68.9 Å². The minimum atomic E-state index is -0.465. The van der Waals surface area contributed by atoms with Gasteiger partial charge >= 0.3 is 5.97 Å². The van der Waals surface area contributed by atoms with Crippen molar-refractivity contribution in [1.29, 1.82) is 0 Å². The lowest BCUT2D eigenvalue weighted by molar-refractivity contribution is -0.149. The molecule has 0 aromatic rings. The monoisotopic (exact) mass is 367 g/mol. The highest BCUT2D eigenvalue weighted by atomic mass is 16.5. The fraction of sp³-hybridized carbons (Fsp3) is 0.952. The van der Waals surface area contributed by atoms with E-state index in [4.69, 9.17) is 9.47 Å². The second kappa shape index (κ2) is 7.76. The van der Waals surface area contributed by atoms with Crippen LogP contribution in [0.1, 0.15) is 59.8 Å². The van der Waals surface area contributed by atoms with Crippen molar-refractivity contribution >= 4 is 5.97 Å². The van der Waals surface area contributed by atoms with Crippen LogP contribution in [0.15, 0.2) is 0 Å². The lowest BCUT2D eigenvalue weighted by Crippen LogP contribution is -2.46. The molecule has 2 aliphatic carbocycles. The molecule has 1 aliphatic heterocycles. The fourth-order valence-electron chi connectivity index (χ4n) is 5.84. The maximum Gasteiger partial charge on any atom is 0.309 e. The number of hydrogen-bond donors (Lipinski definition) is 1. The molecule has 2 saturated carbocycles. The van der Waals surface area contributed by atoms with Crippen molar-refractivity contribution in [3.8, 4) is 0 Å². The number of likely N-dealkylation sites (tertiary alicyclic amines) is 1. The summed E-state index contributed by atoms with van der Waals surface area (Å²) in [7, 11) is 0. The molecule has 4 atom stereocenters. The van der Waals surface area contributed by atoms with E-state index in [-0.39, 0.29) is 28.8 Å². The van der Waals surface area contributed by atoms with E-state index >= 15 is 0 Å². The number of carbonyl (C=O) groups is 1. The van der Waals surface area contributed by atoms with E-state index in [1.54, 1.807) is 0 Å². The fourth-order valence-corrected chi connectivity index (χ4v) is 5.84. The third kappa shape index (κ3) is 3.95. The predicted octanol–water partition coefficient (Wildman–Crippen LogP) is 2.85.